The average Bonchev–Trinajstić information content (AvgIpc) is 3.03. The first-order valence-electron chi connectivity index (χ1n) is 7.54. The van der Waals surface area contributed by atoms with E-state index in [-0.39, 0.29) is 18.9 Å². The smallest absolute Gasteiger partial charge is 0.331 e. The van der Waals surface area contributed by atoms with E-state index < -0.39 is 11.5 Å². The lowest BCUT2D eigenvalue weighted by molar-refractivity contribution is -0.147. The summed E-state index contributed by atoms with van der Waals surface area (Å²) in [5.74, 6) is 0.386. The van der Waals surface area contributed by atoms with Crippen molar-refractivity contribution in [3.8, 4) is 0 Å². The van der Waals surface area contributed by atoms with Gasteiger partial charge in [0.15, 0.2) is 11.4 Å². The first kappa shape index (κ1) is 15.0. The Labute approximate surface area is 127 Å². The highest BCUT2D eigenvalue weighted by molar-refractivity contribution is 5.87. The number of nitrogens with zero attached hydrogens (tertiary/aromatic N) is 2. The van der Waals surface area contributed by atoms with Crippen molar-refractivity contribution in [2.24, 2.45) is 0 Å². The van der Waals surface area contributed by atoms with Gasteiger partial charge in [0, 0.05) is 31.8 Å². The Hall–Kier alpha value is -1.96. The summed E-state index contributed by atoms with van der Waals surface area (Å²) in [5.41, 5.74) is -1.28. The minimum Gasteiger partial charge on any atom is -0.479 e. The summed E-state index contributed by atoms with van der Waals surface area (Å²) in [6, 6.07) is 0. The van der Waals surface area contributed by atoms with Crippen molar-refractivity contribution in [3.05, 3.63) is 11.7 Å². The maximum Gasteiger partial charge on any atom is 0.331 e. The van der Waals surface area contributed by atoms with E-state index in [9.17, 15) is 14.7 Å². The normalized spacial score (nSPS) is 24.4. The van der Waals surface area contributed by atoms with Crippen molar-refractivity contribution in [2.45, 2.75) is 50.0 Å². The fourth-order valence-electron chi connectivity index (χ4n) is 2.49. The third-order valence-corrected chi connectivity index (χ3v) is 4.03. The molecular weight excluding hydrogens is 290 g/mol. The standard InChI is InChI=1S/C14H19N3O5/c18-10(16-14(13(19)20)6-7-21-8-14)2-1-3-11-15-12(17-22-11)9-4-5-9/h9H,1-8H2,(H,16,18)(H,19,20). The number of carboxylic acids is 1. The lowest BCUT2D eigenvalue weighted by atomic mass is 9.98. The van der Waals surface area contributed by atoms with Gasteiger partial charge in [-0.2, -0.15) is 4.98 Å². The second-order valence-corrected chi connectivity index (χ2v) is 5.91. The molecule has 1 atom stereocenters. The van der Waals surface area contributed by atoms with Crippen LogP contribution in [0, 0.1) is 0 Å². The van der Waals surface area contributed by atoms with Crippen molar-refractivity contribution in [1.82, 2.24) is 15.5 Å². The van der Waals surface area contributed by atoms with Crippen LogP contribution in [0.15, 0.2) is 4.52 Å². The molecule has 22 heavy (non-hydrogen) atoms. The number of hydrogen-bond acceptors (Lipinski definition) is 6. The van der Waals surface area contributed by atoms with Crippen LogP contribution in [-0.2, 0) is 20.7 Å². The third-order valence-electron chi connectivity index (χ3n) is 4.03. The zero-order chi connectivity index (χ0) is 15.6. The van der Waals surface area contributed by atoms with Gasteiger partial charge in [-0.15, -0.1) is 0 Å². The van der Waals surface area contributed by atoms with Crippen LogP contribution in [0.2, 0.25) is 0 Å². The van der Waals surface area contributed by atoms with Crippen LogP contribution in [0.1, 0.15) is 49.7 Å². The van der Waals surface area contributed by atoms with E-state index >= 15 is 0 Å². The molecule has 2 heterocycles. The van der Waals surface area contributed by atoms with Crippen LogP contribution in [0.5, 0.6) is 0 Å². The Morgan fingerprint density at radius 2 is 2.23 bits per heavy atom. The van der Waals surface area contributed by atoms with E-state index in [0.717, 1.165) is 18.7 Å². The quantitative estimate of drug-likeness (QED) is 0.759. The lowest BCUT2D eigenvalue weighted by Crippen LogP contribution is -2.55. The monoisotopic (exact) mass is 309 g/mol. The molecule has 0 spiro atoms. The highest BCUT2D eigenvalue weighted by Gasteiger charge is 2.43. The van der Waals surface area contributed by atoms with Crippen LogP contribution in [0.25, 0.3) is 0 Å². The number of nitrogens with one attached hydrogen (secondary N) is 1. The molecule has 0 radical (unpaired) electrons. The van der Waals surface area contributed by atoms with Crippen LogP contribution >= 0.6 is 0 Å². The number of ether oxygens (including phenoxy) is 1. The summed E-state index contributed by atoms with van der Waals surface area (Å²) in [5, 5.41) is 15.7. The Kier molecular flexibility index (Phi) is 4.10. The summed E-state index contributed by atoms with van der Waals surface area (Å²) in [4.78, 5) is 27.5. The van der Waals surface area contributed by atoms with Gasteiger partial charge in [0.25, 0.3) is 0 Å². The molecule has 1 aliphatic carbocycles. The number of carboxylic acid groups (broad SMARTS) is 1. The van der Waals surface area contributed by atoms with Gasteiger partial charge in [0.2, 0.25) is 11.8 Å². The second kappa shape index (κ2) is 6.04. The van der Waals surface area contributed by atoms with Gasteiger partial charge in [-0.3, -0.25) is 4.79 Å². The number of aromatic nitrogens is 2. The van der Waals surface area contributed by atoms with Gasteiger partial charge in [0.1, 0.15) is 0 Å². The van der Waals surface area contributed by atoms with E-state index in [0.29, 0.717) is 37.7 Å². The Balaban J connectivity index is 1.44. The SMILES string of the molecule is O=C(CCCc1nc(C2CC2)no1)NC1(C(=O)O)CCOC1. The fourth-order valence-corrected chi connectivity index (χ4v) is 2.49. The van der Waals surface area contributed by atoms with E-state index in [1.165, 1.54) is 0 Å². The molecule has 1 saturated heterocycles. The molecule has 2 aliphatic rings. The summed E-state index contributed by atoms with van der Waals surface area (Å²) in [6.45, 7) is 0.362. The van der Waals surface area contributed by atoms with Gasteiger partial charge >= 0.3 is 5.97 Å². The minimum atomic E-state index is -1.28. The minimum absolute atomic E-state index is 0.0164. The Morgan fingerprint density at radius 3 is 2.86 bits per heavy atom. The molecule has 0 aromatic carbocycles. The molecule has 2 fully saturated rings. The summed E-state index contributed by atoms with van der Waals surface area (Å²) < 4.78 is 10.2. The number of rotatable bonds is 7. The molecule has 1 aromatic rings. The predicted octanol–water partition coefficient (Wildman–Crippen LogP) is 0.630. The van der Waals surface area contributed by atoms with Crippen molar-refractivity contribution < 1.29 is 24.0 Å². The Bertz CT molecular complexity index is 561. The Morgan fingerprint density at radius 1 is 1.41 bits per heavy atom. The van der Waals surface area contributed by atoms with E-state index in [2.05, 4.69) is 15.5 Å². The first-order valence-corrected chi connectivity index (χ1v) is 7.54. The van der Waals surface area contributed by atoms with Gasteiger partial charge in [-0.25, -0.2) is 4.79 Å². The van der Waals surface area contributed by atoms with Gasteiger partial charge in [0.05, 0.1) is 6.61 Å². The van der Waals surface area contributed by atoms with E-state index in [1.54, 1.807) is 0 Å². The van der Waals surface area contributed by atoms with Crippen molar-refractivity contribution >= 4 is 11.9 Å². The third kappa shape index (κ3) is 3.27. The molecule has 8 nitrogen and oxygen atoms in total. The largest absolute Gasteiger partial charge is 0.479 e. The van der Waals surface area contributed by atoms with E-state index in [1.807, 2.05) is 0 Å². The molecule has 1 amide bonds. The molecule has 0 bridgehead atoms. The zero-order valence-electron chi connectivity index (χ0n) is 12.2. The molecule has 1 saturated carbocycles. The molecular formula is C14H19N3O5. The fraction of sp³-hybridized carbons (Fsp3) is 0.714. The number of aryl methyl sites for hydroxylation is 1. The number of aliphatic carboxylic acids is 1. The molecule has 1 aromatic heterocycles. The lowest BCUT2D eigenvalue weighted by Gasteiger charge is -2.23. The zero-order valence-corrected chi connectivity index (χ0v) is 12.2. The highest BCUT2D eigenvalue weighted by atomic mass is 16.5. The molecule has 1 unspecified atom stereocenters. The van der Waals surface area contributed by atoms with Gasteiger partial charge in [-0.1, -0.05) is 5.16 Å². The summed E-state index contributed by atoms with van der Waals surface area (Å²) in [6.07, 6.45) is 3.79. The molecule has 3 rings (SSSR count). The maximum absolute atomic E-state index is 11.9. The van der Waals surface area contributed by atoms with Crippen molar-refractivity contribution in [3.63, 3.8) is 0 Å². The number of hydrogen-bond donors (Lipinski definition) is 2. The van der Waals surface area contributed by atoms with Crippen LogP contribution < -0.4 is 5.32 Å². The molecule has 2 N–H and O–H groups in total. The first-order chi connectivity index (χ1) is 10.6. The van der Waals surface area contributed by atoms with Crippen molar-refractivity contribution in [2.75, 3.05) is 13.2 Å². The van der Waals surface area contributed by atoms with Crippen molar-refractivity contribution in [1.29, 1.82) is 0 Å². The topological polar surface area (TPSA) is 115 Å². The van der Waals surface area contributed by atoms with Crippen LogP contribution in [0.4, 0.5) is 0 Å². The number of amides is 1. The summed E-state index contributed by atoms with van der Waals surface area (Å²) in [7, 11) is 0. The van der Waals surface area contributed by atoms with E-state index in [4.69, 9.17) is 9.26 Å². The highest BCUT2D eigenvalue weighted by Crippen LogP contribution is 2.38. The van der Waals surface area contributed by atoms with Crippen LogP contribution in [-0.4, -0.2) is 45.9 Å². The van der Waals surface area contributed by atoms with Crippen LogP contribution in [0.3, 0.4) is 0 Å². The predicted molar refractivity (Wildman–Crippen MR) is 73.2 cm³/mol. The molecule has 1 aliphatic heterocycles. The summed E-state index contributed by atoms with van der Waals surface area (Å²) >= 11 is 0. The molecule has 120 valence electrons. The number of carbonyl (C=O) groups is 2. The second-order valence-electron chi connectivity index (χ2n) is 5.91. The van der Waals surface area contributed by atoms with Gasteiger partial charge in [-0.05, 0) is 19.3 Å². The number of carbonyl (C=O) groups excluding carboxylic acids is 1. The van der Waals surface area contributed by atoms with Gasteiger partial charge < -0.3 is 19.7 Å². The molecule has 8 heteroatoms. The average molecular weight is 309 g/mol. The maximum atomic E-state index is 11.9.